The molecule has 0 aliphatic heterocycles. The topological polar surface area (TPSA) is 74.2 Å². The zero-order valence-electron chi connectivity index (χ0n) is 11.9. The number of aryl methyl sites for hydroxylation is 1. The van der Waals surface area contributed by atoms with Gasteiger partial charge in [0.05, 0.1) is 24.3 Å². The number of hydrogen-bond acceptors (Lipinski definition) is 5. The summed E-state index contributed by atoms with van der Waals surface area (Å²) >= 11 is 3.50. The molecule has 1 atom stereocenters. The van der Waals surface area contributed by atoms with Crippen molar-refractivity contribution < 1.29 is 9.26 Å². The largest absolute Gasteiger partial charge is 0.376 e. The molecule has 5 nitrogen and oxygen atoms in total. The summed E-state index contributed by atoms with van der Waals surface area (Å²) in [5.74, 6) is 0.956. The Hall–Kier alpha value is -1.24. The molecule has 1 aliphatic rings. The molecule has 0 radical (unpaired) electrons. The summed E-state index contributed by atoms with van der Waals surface area (Å²) in [4.78, 5) is 4.39. The second kappa shape index (κ2) is 6.25. The minimum Gasteiger partial charge on any atom is -0.376 e. The van der Waals surface area contributed by atoms with Crippen molar-refractivity contribution in [3.8, 4) is 11.5 Å². The fourth-order valence-corrected chi connectivity index (χ4v) is 2.57. The van der Waals surface area contributed by atoms with Gasteiger partial charge < -0.3 is 15.0 Å². The van der Waals surface area contributed by atoms with E-state index in [2.05, 4.69) is 26.1 Å². The van der Waals surface area contributed by atoms with Gasteiger partial charge in [-0.3, -0.25) is 0 Å². The molecule has 2 aromatic rings. The van der Waals surface area contributed by atoms with E-state index < -0.39 is 0 Å². The molecule has 0 spiro atoms. The summed E-state index contributed by atoms with van der Waals surface area (Å²) in [6, 6.07) is 5.63. The van der Waals surface area contributed by atoms with Gasteiger partial charge in [0.15, 0.2) is 5.82 Å². The molecule has 1 saturated carbocycles. The molecule has 6 heteroatoms. The van der Waals surface area contributed by atoms with E-state index in [0.717, 1.165) is 28.4 Å². The van der Waals surface area contributed by atoms with E-state index >= 15 is 0 Å². The van der Waals surface area contributed by atoms with Crippen molar-refractivity contribution in [1.29, 1.82) is 0 Å². The van der Waals surface area contributed by atoms with Gasteiger partial charge in [-0.15, -0.1) is 0 Å². The minimum absolute atomic E-state index is 0.355. The van der Waals surface area contributed by atoms with E-state index in [4.69, 9.17) is 15.0 Å². The average molecular weight is 352 g/mol. The van der Waals surface area contributed by atoms with Crippen molar-refractivity contribution in [3.05, 3.63) is 34.1 Å². The van der Waals surface area contributed by atoms with Gasteiger partial charge in [0.1, 0.15) is 0 Å². The first-order chi connectivity index (χ1) is 10.1. The van der Waals surface area contributed by atoms with Crippen LogP contribution in [-0.2, 0) is 4.74 Å². The monoisotopic (exact) mass is 351 g/mol. The number of nitrogens with zero attached hydrogens (tertiary/aromatic N) is 2. The SMILES string of the molecule is Cc1ccc(Br)c(-c2nc(C(N)COC3CCC3)no2)c1. The van der Waals surface area contributed by atoms with E-state index in [1.54, 1.807) is 0 Å². The maximum Gasteiger partial charge on any atom is 0.259 e. The van der Waals surface area contributed by atoms with Crippen molar-refractivity contribution >= 4 is 15.9 Å². The Morgan fingerprint density at radius 3 is 3.00 bits per heavy atom. The van der Waals surface area contributed by atoms with Crippen molar-refractivity contribution in [3.63, 3.8) is 0 Å². The molecule has 21 heavy (non-hydrogen) atoms. The van der Waals surface area contributed by atoms with Gasteiger partial charge in [0.2, 0.25) is 0 Å². The molecule has 112 valence electrons. The first-order valence-electron chi connectivity index (χ1n) is 7.11. The van der Waals surface area contributed by atoms with Crippen LogP contribution in [0, 0.1) is 6.92 Å². The molecule has 1 unspecified atom stereocenters. The quantitative estimate of drug-likeness (QED) is 0.893. The lowest BCUT2D eigenvalue weighted by atomic mass is 9.96. The van der Waals surface area contributed by atoms with Crippen LogP contribution in [0.2, 0.25) is 0 Å². The molecule has 1 fully saturated rings. The van der Waals surface area contributed by atoms with Crippen LogP contribution in [-0.4, -0.2) is 22.9 Å². The van der Waals surface area contributed by atoms with Crippen LogP contribution in [0.5, 0.6) is 0 Å². The molecule has 1 aromatic carbocycles. The van der Waals surface area contributed by atoms with Crippen molar-refractivity contribution in [2.75, 3.05) is 6.61 Å². The van der Waals surface area contributed by atoms with Gasteiger partial charge in [-0.05, 0) is 54.2 Å². The predicted octanol–water partition coefficient (Wildman–Crippen LogP) is 3.38. The number of ether oxygens (including phenoxy) is 1. The Balaban J connectivity index is 1.71. The van der Waals surface area contributed by atoms with Gasteiger partial charge in [-0.25, -0.2) is 0 Å². The maximum absolute atomic E-state index is 6.06. The van der Waals surface area contributed by atoms with Crippen LogP contribution in [0.3, 0.4) is 0 Å². The fraction of sp³-hybridized carbons (Fsp3) is 0.467. The second-order valence-electron chi connectivity index (χ2n) is 5.43. The number of aromatic nitrogens is 2. The number of nitrogens with two attached hydrogens (primary N) is 1. The van der Waals surface area contributed by atoms with Gasteiger partial charge in [-0.2, -0.15) is 4.98 Å². The Bertz CT molecular complexity index is 625. The standard InChI is InChI=1S/C15H18BrN3O2/c1-9-5-6-12(16)11(7-9)15-18-14(19-21-15)13(17)8-20-10-3-2-4-10/h5-7,10,13H,2-4,8,17H2,1H3. The highest BCUT2D eigenvalue weighted by atomic mass is 79.9. The third-order valence-corrected chi connectivity index (χ3v) is 4.38. The van der Waals surface area contributed by atoms with Crippen molar-refractivity contribution in [2.45, 2.75) is 38.3 Å². The van der Waals surface area contributed by atoms with E-state index in [1.165, 1.54) is 6.42 Å². The smallest absolute Gasteiger partial charge is 0.259 e. The average Bonchev–Trinajstić information content (AvgIpc) is 2.89. The molecule has 2 N–H and O–H groups in total. The van der Waals surface area contributed by atoms with E-state index in [-0.39, 0.29) is 6.04 Å². The van der Waals surface area contributed by atoms with Gasteiger partial charge >= 0.3 is 0 Å². The van der Waals surface area contributed by atoms with Crippen LogP contribution in [0.4, 0.5) is 0 Å². The predicted molar refractivity (Wildman–Crippen MR) is 82.7 cm³/mol. The Morgan fingerprint density at radius 1 is 1.48 bits per heavy atom. The number of hydrogen-bond donors (Lipinski definition) is 1. The van der Waals surface area contributed by atoms with Crippen LogP contribution in [0.1, 0.15) is 36.7 Å². The normalized spacial score (nSPS) is 16.7. The second-order valence-corrected chi connectivity index (χ2v) is 6.29. The summed E-state index contributed by atoms with van der Waals surface area (Å²) in [6.07, 6.45) is 3.85. The maximum atomic E-state index is 6.06. The molecule has 1 aliphatic carbocycles. The zero-order valence-corrected chi connectivity index (χ0v) is 13.5. The summed E-state index contributed by atoms with van der Waals surface area (Å²) in [5.41, 5.74) is 8.07. The van der Waals surface area contributed by atoms with Crippen molar-refractivity contribution in [2.24, 2.45) is 5.73 Å². The summed E-state index contributed by atoms with van der Waals surface area (Å²) in [7, 11) is 0. The van der Waals surface area contributed by atoms with Gasteiger partial charge in [0, 0.05) is 4.47 Å². The molecule has 3 rings (SSSR count). The number of benzene rings is 1. The summed E-state index contributed by atoms with van der Waals surface area (Å²) in [5, 5.41) is 3.97. The Kier molecular flexibility index (Phi) is 4.37. The van der Waals surface area contributed by atoms with Crippen LogP contribution in [0.25, 0.3) is 11.5 Å². The lowest BCUT2D eigenvalue weighted by Crippen LogP contribution is -2.27. The highest BCUT2D eigenvalue weighted by Gasteiger charge is 2.22. The molecule has 0 amide bonds. The van der Waals surface area contributed by atoms with E-state index in [0.29, 0.717) is 24.4 Å². The first-order valence-corrected chi connectivity index (χ1v) is 7.90. The van der Waals surface area contributed by atoms with Crippen LogP contribution < -0.4 is 5.73 Å². The molecule has 0 saturated heterocycles. The van der Waals surface area contributed by atoms with Crippen molar-refractivity contribution in [1.82, 2.24) is 10.1 Å². The van der Waals surface area contributed by atoms with Crippen LogP contribution in [0.15, 0.2) is 27.2 Å². The molecule has 0 bridgehead atoms. The minimum atomic E-state index is -0.355. The molecular weight excluding hydrogens is 334 g/mol. The van der Waals surface area contributed by atoms with E-state index in [9.17, 15) is 0 Å². The van der Waals surface area contributed by atoms with Crippen LogP contribution >= 0.6 is 15.9 Å². The number of rotatable bonds is 5. The third-order valence-electron chi connectivity index (χ3n) is 3.69. The summed E-state index contributed by atoms with van der Waals surface area (Å²) < 4.78 is 11.9. The molecular formula is C15H18BrN3O2. The zero-order chi connectivity index (χ0) is 14.8. The lowest BCUT2D eigenvalue weighted by molar-refractivity contribution is -0.00549. The summed E-state index contributed by atoms with van der Waals surface area (Å²) in [6.45, 7) is 2.45. The molecule has 1 aromatic heterocycles. The van der Waals surface area contributed by atoms with Gasteiger partial charge in [-0.1, -0.05) is 16.8 Å². The van der Waals surface area contributed by atoms with Gasteiger partial charge in [0.25, 0.3) is 5.89 Å². The molecule has 1 heterocycles. The number of halogens is 1. The van der Waals surface area contributed by atoms with E-state index in [1.807, 2.05) is 25.1 Å². The Labute approximate surface area is 132 Å². The first kappa shape index (κ1) is 14.7. The highest BCUT2D eigenvalue weighted by molar-refractivity contribution is 9.10. The fourth-order valence-electron chi connectivity index (χ4n) is 2.15. The Morgan fingerprint density at radius 2 is 2.29 bits per heavy atom. The lowest BCUT2D eigenvalue weighted by Gasteiger charge is -2.26. The highest BCUT2D eigenvalue weighted by Crippen LogP contribution is 2.29. The third kappa shape index (κ3) is 3.33.